The van der Waals surface area contributed by atoms with Gasteiger partial charge in [-0.25, -0.2) is 9.59 Å². The van der Waals surface area contributed by atoms with Gasteiger partial charge in [-0.1, -0.05) is 0 Å². The molecule has 29 heavy (non-hydrogen) atoms. The highest BCUT2D eigenvalue weighted by Crippen LogP contribution is 2.29. The zero-order valence-electron chi connectivity index (χ0n) is 15.9. The van der Waals surface area contributed by atoms with E-state index in [2.05, 4.69) is 35.9 Å². The first-order valence-corrected chi connectivity index (χ1v) is 9.99. The van der Waals surface area contributed by atoms with Gasteiger partial charge >= 0.3 is 11.9 Å². The number of carbonyl (C=O) groups excluding carboxylic acids is 4. The Labute approximate surface area is 178 Å². The molecule has 162 valence electrons. The smallest absolute Gasteiger partial charge is 0.329 e. The summed E-state index contributed by atoms with van der Waals surface area (Å²) >= 11 is 7.94. The second-order valence-corrected chi connectivity index (χ2v) is 6.48. The largest absolute Gasteiger partial charge is 0.504 e. The van der Waals surface area contributed by atoms with E-state index in [0.717, 1.165) is 0 Å². The number of carbonyl (C=O) groups is 4. The number of ether oxygens (including phenoxy) is 2. The number of rotatable bonds is 10. The van der Waals surface area contributed by atoms with Crippen LogP contribution >= 0.6 is 25.3 Å². The average Bonchev–Trinajstić information content (AvgIpc) is 2.99. The zero-order valence-corrected chi connectivity index (χ0v) is 17.7. The van der Waals surface area contributed by atoms with Crippen molar-refractivity contribution in [2.24, 2.45) is 0 Å². The van der Waals surface area contributed by atoms with Crippen molar-refractivity contribution >= 4 is 49.0 Å². The molecule has 0 aromatic carbocycles. The third kappa shape index (κ3) is 6.32. The standard InChI is InChI=1S/C17H24N2O8S2/c1-3-26-16(24)10(6-28)18-14(22)8-5-9(13(21)12(8)20)15(23)19-11(7-29)17(25)27-4-2/h10-11,20-21,28-29H,3-7H2,1-2H3,(H,18,22)(H,19,23). The van der Waals surface area contributed by atoms with Gasteiger partial charge in [-0.2, -0.15) is 25.3 Å². The number of hydrogen-bond acceptors (Lipinski definition) is 10. The minimum Gasteiger partial charge on any atom is -0.504 e. The van der Waals surface area contributed by atoms with E-state index in [4.69, 9.17) is 9.47 Å². The Morgan fingerprint density at radius 1 is 0.862 bits per heavy atom. The Morgan fingerprint density at radius 3 is 1.48 bits per heavy atom. The van der Waals surface area contributed by atoms with Crippen molar-refractivity contribution in [1.29, 1.82) is 0 Å². The van der Waals surface area contributed by atoms with E-state index in [-0.39, 0.29) is 35.9 Å². The van der Waals surface area contributed by atoms with Crippen LogP contribution in [0.3, 0.4) is 0 Å². The third-order valence-electron chi connectivity index (χ3n) is 3.82. The third-order valence-corrected chi connectivity index (χ3v) is 4.55. The van der Waals surface area contributed by atoms with Gasteiger partial charge in [-0.05, 0) is 13.8 Å². The molecule has 12 heteroatoms. The van der Waals surface area contributed by atoms with Crippen LogP contribution in [0.25, 0.3) is 0 Å². The first-order valence-electron chi connectivity index (χ1n) is 8.72. The topological polar surface area (TPSA) is 151 Å². The van der Waals surface area contributed by atoms with Crippen LogP contribution in [0.2, 0.25) is 0 Å². The predicted octanol–water partition coefficient (Wildman–Crippen LogP) is -0.0303. The van der Waals surface area contributed by atoms with Gasteiger partial charge in [0.1, 0.15) is 12.1 Å². The van der Waals surface area contributed by atoms with Crippen molar-refractivity contribution in [3.63, 3.8) is 0 Å². The average molecular weight is 449 g/mol. The zero-order chi connectivity index (χ0) is 22.1. The Kier molecular flexibility index (Phi) is 9.89. The molecule has 2 atom stereocenters. The molecule has 0 aromatic rings. The molecule has 2 unspecified atom stereocenters. The van der Waals surface area contributed by atoms with Crippen LogP contribution in [0.4, 0.5) is 0 Å². The number of aliphatic hydroxyl groups excluding tert-OH is 2. The van der Waals surface area contributed by atoms with Gasteiger partial charge < -0.3 is 30.3 Å². The van der Waals surface area contributed by atoms with Crippen molar-refractivity contribution < 1.29 is 38.9 Å². The van der Waals surface area contributed by atoms with Crippen molar-refractivity contribution in [3.05, 3.63) is 22.7 Å². The first-order chi connectivity index (χ1) is 13.7. The fourth-order valence-corrected chi connectivity index (χ4v) is 2.82. The minimum atomic E-state index is -1.08. The quantitative estimate of drug-likeness (QED) is 0.201. The van der Waals surface area contributed by atoms with E-state index in [9.17, 15) is 29.4 Å². The van der Waals surface area contributed by atoms with Crippen LogP contribution in [-0.4, -0.2) is 70.8 Å². The van der Waals surface area contributed by atoms with E-state index in [1.54, 1.807) is 13.8 Å². The number of thiol groups is 2. The molecule has 2 amide bonds. The van der Waals surface area contributed by atoms with Gasteiger partial charge in [0, 0.05) is 17.9 Å². The van der Waals surface area contributed by atoms with E-state index >= 15 is 0 Å². The molecule has 0 radical (unpaired) electrons. The summed E-state index contributed by atoms with van der Waals surface area (Å²) in [6, 6.07) is -2.16. The summed E-state index contributed by atoms with van der Waals surface area (Å²) in [5.74, 6) is -4.89. The highest BCUT2D eigenvalue weighted by molar-refractivity contribution is 7.80. The first kappa shape index (κ1) is 24.7. The van der Waals surface area contributed by atoms with Crippen LogP contribution in [-0.2, 0) is 28.7 Å². The monoisotopic (exact) mass is 448 g/mol. The van der Waals surface area contributed by atoms with Crippen LogP contribution in [0.1, 0.15) is 20.3 Å². The molecule has 1 aliphatic carbocycles. The summed E-state index contributed by atoms with van der Waals surface area (Å²) in [5.41, 5.74) is -0.635. The Balaban J connectivity index is 2.86. The molecule has 0 bridgehead atoms. The maximum absolute atomic E-state index is 12.4. The van der Waals surface area contributed by atoms with Crippen molar-refractivity contribution in [2.45, 2.75) is 32.4 Å². The fourth-order valence-electron chi connectivity index (χ4n) is 2.34. The summed E-state index contributed by atoms with van der Waals surface area (Å²) in [7, 11) is 0. The molecular formula is C17H24N2O8S2. The summed E-state index contributed by atoms with van der Waals surface area (Å²) in [6.45, 7) is 3.41. The van der Waals surface area contributed by atoms with Gasteiger partial charge in [0.05, 0.1) is 24.4 Å². The van der Waals surface area contributed by atoms with Crippen LogP contribution < -0.4 is 10.6 Å². The summed E-state index contributed by atoms with van der Waals surface area (Å²) in [6.07, 6.45) is -0.417. The van der Waals surface area contributed by atoms with E-state index in [0.29, 0.717) is 0 Å². The molecule has 0 aromatic heterocycles. The SMILES string of the molecule is CCOC(=O)C(CS)NC(=O)C1=C(O)C(O)=C(C(=O)NC(CS)C(=O)OCC)C1. The molecule has 0 saturated heterocycles. The number of hydrogen-bond donors (Lipinski definition) is 6. The number of nitrogens with one attached hydrogen (secondary N) is 2. The maximum atomic E-state index is 12.4. The van der Waals surface area contributed by atoms with E-state index in [1.807, 2.05) is 0 Å². The molecule has 0 aliphatic heterocycles. The Bertz CT molecular complexity index is 675. The maximum Gasteiger partial charge on any atom is 0.329 e. The molecular weight excluding hydrogens is 424 g/mol. The van der Waals surface area contributed by atoms with Gasteiger partial charge in [0.2, 0.25) is 0 Å². The molecule has 1 rings (SSSR count). The summed E-state index contributed by atoms with van der Waals surface area (Å²) < 4.78 is 9.62. The molecule has 1 aliphatic rings. The van der Waals surface area contributed by atoms with Gasteiger partial charge in [0.15, 0.2) is 11.5 Å². The van der Waals surface area contributed by atoms with Gasteiger partial charge in [-0.3, -0.25) is 9.59 Å². The summed E-state index contributed by atoms with van der Waals surface area (Å²) in [5, 5.41) is 24.8. The second-order valence-electron chi connectivity index (χ2n) is 5.75. The van der Waals surface area contributed by atoms with Crippen LogP contribution in [0.15, 0.2) is 22.7 Å². The molecule has 0 fully saturated rings. The Hall–Kier alpha value is -2.34. The minimum absolute atomic E-state index is 0.0610. The van der Waals surface area contributed by atoms with Crippen molar-refractivity contribution in [2.75, 3.05) is 24.7 Å². The lowest BCUT2D eigenvalue weighted by Crippen LogP contribution is -2.44. The van der Waals surface area contributed by atoms with Crippen molar-refractivity contribution in [1.82, 2.24) is 10.6 Å². The highest BCUT2D eigenvalue weighted by Gasteiger charge is 2.35. The molecule has 0 heterocycles. The predicted molar refractivity (Wildman–Crippen MR) is 109 cm³/mol. The lowest BCUT2D eigenvalue weighted by atomic mass is 10.1. The fraction of sp³-hybridized carbons (Fsp3) is 0.529. The second kappa shape index (κ2) is 11.6. The normalized spacial score (nSPS) is 15.6. The number of aliphatic hydroxyl groups is 2. The Morgan fingerprint density at radius 2 is 1.21 bits per heavy atom. The van der Waals surface area contributed by atoms with Gasteiger partial charge in [0.25, 0.3) is 11.8 Å². The van der Waals surface area contributed by atoms with Crippen LogP contribution in [0.5, 0.6) is 0 Å². The van der Waals surface area contributed by atoms with E-state index in [1.165, 1.54) is 0 Å². The van der Waals surface area contributed by atoms with E-state index < -0.39 is 53.8 Å². The lowest BCUT2D eigenvalue weighted by molar-refractivity contribution is -0.146. The van der Waals surface area contributed by atoms with Crippen molar-refractivity contribution in [3.8, 4) is 0 Å². The van der Waals surface area contributed by atoms with Gasteiger partial charge in [-0.15, -0.1) is 0 Å². The molecule has 4 N–H and O–H groups in total. The lowest BCUT2D eigenvalue weighted by Gasteiger charge is -2.16. The number of esters is 2. The highest BCUT2D eigenvalue weighted by atomic mass is 32.1. The van der Waals surface area contributed by atoms with Crippen LogP contribution in [0, 0.1) is 0 Å². The number of amides is 2. The molecule has 0 saturated carbocycles. The molecule has 0 spiro atoms. The molecule has 10 nitrogen and oxygen atoms in total. The summed E-state index contributed by atoms with van der Waals surface area (Å²) in [4.78, 5) is 48.3.